The number of hydrogen-bond donors (Lipinski definition) is 1. The van der Waals surface area contributed by atoms with Crippen molar-refractivity contribution in [2.75, 3.05) is 5.32 Å². The molecule has 0 atom stereocenters. The largest absolute Gasteiger partial charge is 0.326 e. The molecule has 1 aromatic rings. The maximum Gasteiger partial charge on any atom is 0.224 e. The number of para-hydroxylation sites is 1. The summed E-state index contributed by atoms with van der Waals surface area (Å²) in [6, 6.07) is 7.89. The molecule has 0 saturated heterocycles. The number of anilines is 1. The zero-order valence-corrected chi connectivity index (χ0v) is 10.9. The van der Waals surface area contributed by atoms with Crippen molar-refractivity contribution in [2.45, 2.75) is 33.6 Å². The van der Waals surface area contributed by atoms with Gasteiger partial charge in [-0.2, -0.15) is 0 Å². The van der Waals surface area contributed by atoms with E-state index in [1.54, 1.807) is 0 Å². The highest BCUT2D eigenvalue weighted by molar-refractivity contribution is 5.91. The predicted octanol–water partition coefficient (Wildman–Crippen LogP) is 3.79. The minimum atomic E-state index is 0.0779. The zero-order valence-electron chi connectivity index (χ0n) is 10.9. The molecule has 2 heteroatoms. The van der Waals surface area contributed by atoms with Crippen LogP contribution >= 0.6 is 0 Å². The molecule has 0 aliphatic rings. The van der Waals surface area contributed by atoms with Gasteiger partial charge in [0.25, 0.3) is 0 Å². The number of allylic oxidation sites excluding steroid dienone is 1. The molecule has 0 aromatic heterocycles. The number of amides is 1. The Morgan fingerprint density at radius 3 is 2.59 bits per heavy atom. The van der Waals surface area contributed by atoms with E-state index in [2.05, 4.69) is 11.9 Å². The van der Waals surface area contributed by atoms with Gasteiger partial charge in [0.2, 0.25) is 5.91 Å². The number of carbonyl (C=O) groups excluding carboxylic acids is 1. The van der Waals surface area contributed by atoms with E-state index < -0.39 is 0 Å². The van der Waals surface area contributed by atoms with E-state index in [0.717, 1.165) is 23.2 Å². The molecule has 1 aromatic carbocycles. The van der Waals surface area contributed by atoms with E-state index in [-0.39, 0.29) is 5.91 Å². The van der Waals surface area contributed by atoms with E-state index in [1.165, 1.54) is 0 Å². The van der Waals surface area contributed by atoms with Crippen molar-refractivity contribution in [1.29, 1.82) is 0 Å². The Balaban J connectivity index is 2.76. The molecule has 1 amide bonds. The van der Waals surface area contributed by atoms with Crippen LogP contribution in [0.1, 0.15) is 32.8 Å². The first kappa shape index (κ1) is 13.5. The number of hydrogen-bond acceptors (Lipinski definition) is 1. The van der Waals surface area contributed by atoms with Crippen LogP contribution in [-0.2, 0) is 11.2 Å². The summed E-state index contributed by atoms with van der Waals surface area (Å²) in [7, 11) is 0. The molecule has 0 fully saturated rings. The minimum absolute atomic E-state index is 0.0779. The highest BCUT2D eigenvalue weighted by Gasteiger charge is 2.08. The van der Waals surface area contributed by atoms with E-state index in [4.69, 9.17) is 0 Å². The Kier molecular flexibility index (Phi) is 4.95. The summed E-state index contributed by atoms with van der Waals surface area (Å²) >= 11 is 0. The number of benzene rings is 1. The molecule has 0 radical (unpaired) electrons. The van der Waals surface area contributed by atoms with Crippen molar-refractivity contribution < 1.29 is 4.79 Å². The lowest BCUT2D eigenvalue weighted by atomic mass is 10.0. The van der Waals surface area contributed by atoms with Gasteiger partial charge in [0, 0.05) is 12.1 Å². The van der Waals surface area contributed by atoms with Gasteiger partial charge in [-0.1, -0.05) is 44.2 Å². The summed E-state index contributed by atoms with van der Waals surface area (Å²) in [5.41, 5.74) is 3.12. The van der Waals surface area contributed by atoms with Crippen LogP contribution in [0.3, 0.4) is 0 Å². The number of nitrogens with one attached hydrogen (secondary N) is 1. The molecule has 0 spiro atoms. The van der Waals surface area contributed by atoms with Crippen molar-refractivity contribution in [1.82, 2.24) is 0 Å². The van der Waals surface area contributed by atoms with Gasteiger partial charge < -0.3 is 5.32 Å². The average Bonchev–Trinajstić information content (AvgIpc) is 2.18. The first-order valence-electron chi connectivity index (χ1n) is 6.01. The van der Waals surface area contributed by atoms with Crippen molar-refractivity contribution >= 4 is 11.6 Å². The molecule has 1 N–H and O–H groups in total. The van der Waals surface area contributed by atoms with Crippen molar-refractivity contribution in [3.05, 3.63) is 42.0 Å². The van der Waals surface area contributed by atoms with Gasteiger partial charge in [0.05, 0.1) is 0 Å². The summed E-state index contributed by atoms with van der Waals surface area (Å²) in [4.78, 5) is 11.7. The van der Waals surface area contributed by atoms with Crippen molar-refractivity contribution in [2.24, 2.45) is 5.92 Å². The molecule has 1 rings (SSSR count). The van der Waals surface area contributed by atoms with Gasteiger partial charge in [0.1, 0.15) is 0 Å². The molecule has 2 nitrogen and oxygen atoms in total. The van der Waals surface area contributed by atoms with E-state index in [1.807, 2.05) is 45.0 Å². The van der Waals surface area contributed by atoms with E-state index in [9.17, 15) is 4.79 Å². The molecular formula is C15H21NO. The molecule has 0 unspecified atom stereocenters. The summed E-state index contributed by atoms with van der Waals surface area (Å²) in [6.45, 7) is 9.98. The number of rotatable bonds is 5. The topological polar surface area (TPSA) is 29.1 Å². The highest BCUT2D eigenvalue weighted by atomic mass is 16.1. The lowest BCUT2D eigenvalue weighted by molar-refractivity contribution is -0.116. The van der Waals surface area contributed by atoms with Gasteiger partial charge >= 0.3 is 0 Å². The van der Waals surface area contributed by atoms with Crippen molar-refractivity contribution in [3.63, 3.8) is 0 Å². The van der Waals surface area contributed by atoms with Crippen LogP contribution in [-0.4, -0.2) is 5.91 Å². The maximum atomic E-state index is 11.7. The third-order valence-electron chi connectivity index (χ3n) is 2.38. The van der Waals surface area contributed by atoms with Crippen LogP contribution in [0.4, 0.5) is 5.69 Å². The molecule has 0 aliphatic heterocycles. The third kappa shape index (κ3) is 4.85. The van der Waals surface area contributed by atoms with Crippen LogP contribution in [0.5, 0.6) is 0 Å². The van der Waals surface area contributed by atoms with Crippen LogP contribution in [0.25, 0.3) is 0 Å². The fourth-order valence-electron chi connectivity index (χ4n) is 1.69. The van der Waals surface area contributed by atoms with Gasteiger partial charge in [0.15, 0.2) is 0 Å². The molecule has 92 valence electrons. The molecule has 0 aliphatic carbocycles. The summed E-state index contributed by atoms with van der Waals surface area (Å²) in [6.07, 6.45) is 1.36. The van der Waals surface area contributed by atoms with E-state index in [0.29, 0.717) is 12.3 Å². The van der Waals surface area contributed by atoms with E-state index >= 15 is 0 Å². The monoisotopic (exact) mass is 231 g/mol. The second-order valence-electron chi connectivity index (χ2n) is 4.94. The molecule has 0 heterocycles. The fraction of sp³-hybridized carbons (Fsp3) is 0.400. The third-order valence-corrected chi connectivity index (χ3v) is 2.38. The van der Waals surface area contributed by atoms with Crippen LogP contribution in [0.2, 0.25) is 0 Å². The zero-order chi connectivity index (χ0) is 12.8. The van der Waals surface area contributed by atoms with Gasteiger partial charge in [-0.05, 0) is 30.9 Å². The average molecular weight is 231 g/mol. The predicted molar refractivity (Wildman–Crippen MR) is 73.0 cm³/mol. The van der Waals surface area contributed by atoms with Crippen LogP contribution < -0.4 is 5.32 Å². The molecule has 0 bridgehead atoms. The maximum absolute atomic E-state index is 11.7. The molecular weight excluding hydrogens is 210 g/mol. The quantitative estimate of drug-likeness (QED) is 0.767. The summed E-state index contributed by atoms with van der Waals surface area (Å²) in [5, 5.41) is 2.97. The Hall–Kier alpha value is -1.57. The SMILES string of the molecule is C=C(C)Cc1ccccc1NC(=O)CC(C)C. The Labute approximate surface area is 104 Å². The first-order valence-corrected chi connectivity index (χ1v) is 6.01. The summed E-state index contributed by atoms with van der Waals surface area (Å²) in [5.74, 6) is 0.456. The second kappa shape index (κ2) is 6.24. The fourth-order valence-corrected chi connectivity index (χ4v) is 1.69. The second-order valence-corrected chi connectivity index (χ2v) is 4.94. The van der Waals surface area contributed by atoms with Crippen molar-refractivity contribution in [3.8, 4) is 0 Å². The number of carbonyl (C=O) groups is 1. The Bertz CT molecular complexity index is 407. The Morgan fingerprint density at radius 1 is 1.35 bits per heavy atom. The van der Waals surface area contributed by atoms with Crippen LogP contribution in [0, 0.1) is 5.92 Å². The summed E-state index contributed by atoms with van der Waals surface area (Å²) < 4.78 is 0. The van der Waals surface area contributed by atoms with Gasteiger partial charge in [-0.3, -0.25) is 4.79 Å². The molecule has 0 saturated carbocycles. The normalized spacial score (nSPS) is 10.4. The minimum Gasteiger partial charge on any atom is -0.326 e. The highest BCUT2D eigenvalue weighted by Crippen LogP contribution is 2.18. The lowest BCUT2D eigenvalue weighted by Crippen LogP contribution is -2.15. The van der Waals surface area contributed by atoms with Gasteiger partial charge in [-0.15, -0.1) is 0 Å². The van der Waals surface area contributed by atoms with Crippen LogP contribution in [0.15, 0.2) is 36.4 Å². The Morgan fingerprint density at radius 2 is 2.00 bits per heavy atom. The lowest BCUT2D eigenvalue weighted by Gasteiger charge is -2.12. The van der Waals surface area contributed by atoms with Gasteiger partial charge in [-0.25, -0.2) is 0 Å². The standard InChI is InChI=1S/C15H21NO/c1-11(2)9-13-7-5-6-8-14(13)16-15(17)10-12(3)4/h5-8,12H,1,9-10H2,2-4H3,(H,16,17). The first-order chi connectivity index (χ1) is 7.99. The smallest absolute Gasteiger partial charge is 0.224 e. The molecule has 17 heavy (non-hydrogen) atoms.